The maximum Gasteiger partial charge on any atom is 0.314 e. The minimum atomic E-state index is -0.517. The van der Waals surface area contributed by atoms with Crippen LogP contribution in [0.25, 0.3) is 0 Å². The molecule has 0 bridgehead atoms. The fourth-order valence-electron chi connectivity index (χ4n) is 0.340. The second-order valence-electron chi connectivity index (χ2n) is 1.98. The monoisotopic (exact) mass is 132 g/mol. The molecular formula is C5H12N2O2. The van der Waals surface area contributed by atoms with Crippen molar-refractivity contribution < 1.29 is 9.90 Å². The maximum atomic E-state index is 10.3. The molecule has 4 heteroatoms. The van der Waals surface area contributed by atoms with Crippen LogP contribution in [0.1, 0.15) is 6.92 Å². The van der Waals surface area contributed by atoms with E-state index in [9.17, 15) is 4.79 Å². The molecule has 0 rings (SSSR count). The van der Waals surface area contributed by atoms with Crippen LogP contribution in [-0.2, 0) is 0 Å². The van der Waals surface area contributed by atoms with E-state index >= 15 is 0 Å². The summed E-state index contributed by atoms with van der Waals surface area (Å²) < 4.78 is 0. The Bertz CT molecular complexity index is 105. The van der Waals surface area contributed by atoms with E-state index in [1.54, 1.807) is 14.0 Å². The van der Waals surface area contributed by atoms with E-state index in [-0.39, 0.29) is 12.6 Å². The molecule has 1 atom stereocenters. The number of hydrogen-bond acceptors (Lipinski definition) is 2. The van der Waals surface area contributed by atoms with Crippen LogP contribution in [0.3, 0.4) is 0 Å². The average molecular weight is 132 g/mol. The molecule has 0 fully saturated rings. The lowest BCUT2D eigenvalue weighted by Gasteiger charge is -2.19. The summed E-state index contributed by atoms with van der Waals surface area (Å²) in [5.74, 6) is 0. The summed E-state index contributed by atoms with van der Waals surface area (Å²) in [6.45, 7) is 1.66. The first-order valence-corrected chi connectivity index (χ1v) is 2.72. The Balaban J connectivity index is 3.72. The van der Waals surface area contributed by atoms with Gasteiger partial charge in [0.2, 0.25) is 0 Å². The van der Waals surface area contributed by atoms with Gasteiger partial charge in [0.05, 0.1) is 12.6 Å². The van der Waals surface area contributed by atoms with E-state index in [4.69, 9.17) is 10.8 Å². The molecule has 0 aromatic carbocycles. The summed E-state index contributed by atoms with van der Waals surface area (Å²) in [6.07, 6.45) is 0. The van der Waals surface area contributed by atoms with E-state index in [1.165, 1.54) is 4.90 Å². The van der Waals surface area contributed by atoms with Crippen molar-refractivity contribution in [1.29, 1.82) is 0 Å². The second kappa shape index (κ2) is 3.29. The summed E-state index contributed by atoms with van der Waals surface area (Å²) in [7, 11) is 1.54. The lowest BCUT2D eigenvalue weighted by molar-refractivity contribution is 0.164. The SMILES string of the molecule is CC(CO)N(C)C(N)=O. The number of nitrogens with two attached hydrogens (primary N) is 1. The molecule has 0 aliphatic heterocycles. The highest BCUT2D eigenvalue weighted by atomic mass is 16.3. The smallest absolute Gasteiger partial charge is 0.314 e. The Kier molecular flexibility index (Phi) is 3.01. The van der Waals surface area contributed by atoms with Crippen LogP contribution in [0.15, 0.2) is 0 Å². The Morgan fingerprint density at radius 1 is 1.89 bits per heavy atom. The number of amides is 2. The molecule has 0 aliphatic rings. The van der Waals surface area contributed by atoms with Gasteiger partial charge in [-0.3, -0.25) is 0 Å². The van der Waals surface area contributed by atoms with Gasteiger partial charge in [-0.15, -0.1) is 0 Å². The minimum Gasteiger partial charge on any atom is -0.394 e. The Hall–Kier alpha value is -0.770. The molecule has 0 saturated heterocycles. The fourth-order valence-corrected chi connectivity index (χ4v) is 0.340. The van der Waals surface area contributed by atoms with Gasteiger partial charge in [0.1, 0.15) is 0 Å². The quantitative estimate of drug-likeness (QED) is 0.525. The molecule has 0 aromatic rings. The second-order valence-corrected chi connectivity index (χ2v) is 1.98. The number of rotatable bonds is 2. The number of carbonyl (C=O) groups is 1. The molecule has 9 heavy (non-hydrogen) atoms. The van der Waals surface area contributed by atoms with Gasteiger partial charge in [0.25, 0.3) is 0 Å². The first kappa shape index (κ1) is 8.23. The summed E-state index contributed by atoms with van der Waals surface area (Å²) in [5.41, 5.74) is 4.89. The molecule has 0 aliphatic carbocycles. The van der Waals surface area contributed by atoms with Crippen LogP contribution in [0, 0.1) is 0 Å². The third-order valence-electron chi connectivity index (χ3n) is 1.27. The van der Waals surface area contributed by atoms with Crippen molar-refractivity contribution in [2.45, 2.75) is 13.0 Å². The summed E-state index contributed by atoms with van der Waals surface area (Å²) in [6, 6.07) is -0.709. The van der Waals surface area contributed by atoms with Crippen molar-refractivity contribution in [3.63, 3.8) is 0 Å². The third-order valence-corrected chi connectivity index (χ3v) is 1.27. The zero-order valence-corrected chi connectivity index (χ0v) is 5.66. The molecule has 54 valence electrons. The summed E-state index contributed by atoms with van der Waals surface area (Å²) in [5, 5.41) is 8.50. The van der Waals surface area contributed by atoms with Gasteiger partial charge in [-0.05, 0) is 6.92 Å². The predicted molar refractivity (Wildman–Crippen MR) is 33.9 cm³/mol. The maximum absolute atomic E-state index is 10.3. The zero-order chi connectivity index (χ0) is 7.44. The molecule has 0 spiro atoms. The van der Waals surface area contributed by atoms with E-state index in [2.05, 4.69) is 0 Å². The summed E-state index contributed by atoms with van der Waals surface area (Å²) >= 11 is 0. The Labute approximate surface area is 54.3 Å². The van der Waals surface area contributed by atoms with Crippen molar-refractivity contribution >= 4 is 6.03 Å². The van der Waals surface area contributed by atoms with Crippen molar-refractivity contribution in [2.24, 2.45) is 5.73 Å². The van der Waals surface area contributed by atoms with Gasteiger partial charge in [-0.25, -0.2) is 4.79 Å². The molecule has 0 aromatic heterocycles. The molecule has 2 amide bonds. The molecule has 0 radical (unpaired) electrons. The van der Waals surface area contributed by atoms with Crippen molar-refractivity contribution in [3.8, 4) is 0 Å². The van der Waals surface area contributed by atoms with Crippen LogP contribution < -0.4 is 5.73 Å². The summed E-state index contributed by atoms with van der Waals surface area (Å²) in [4.78, 5) is 11.6. The molecule has 1 unspecified atom stereocenters. The van der Waals surface area contributed by atoms with Crippen molar-refractivity contribution in [2.75, 3.05) is 13.7 Å². The molecule has 3 N–H and O–H groups in total. The van der Waals surface area contributed by atoms with E-state index < -0.39 is 6.03 Å². The Morgan fingerprint density at radius 2 is 2.33 bits per heavy atom. The van der Waals surface area contributed by atoms with Crippen LogP contribution in [-0.4, -0.2) is 35.7 Å². The number of primary amides is 1. The number of nitrogens with zero attached hydrogens (tertiary/aromatic N) is 1. The normalized spacial score (nSPS) is 12.8. The molecule has 4 nitrogen and oxygen atoms in total. The predicted octanol–water partition coefficient (Wildman–Crippen LogP) is -0.622. The van der Waals surface area contributed by atoms with E-state index in [0.717, 1.165) is 0 Å². The number of urea groups is 1. The van der Waals surface area contributed by atoms with Crippen molar-refractivity contribution in [3.05, 3.63) is 0 Å². The van der Waals surface area contributed by atoms with Gasteiger partial charge in [-0.2, -0.15) is 0 Å². The number of hydrogen-bond donors (Lipinski definition) is 2. The first-order valence-electron chi connectivity index (χ1n) is 2.72. The number of likely N-dealkylation sites (N-methyl/N-ethyl adjacent to an activating group) is 1. The Morgan fingerprint density at radius 3 is 2.44 bits per heavy atom. The van der Waals surface area contributed by atoms with Gasteiger partial charge in [0, 0.05) is 7.05 Å². The van der Waals surface area contributed by atoms with E-state index in [1.807, 2.05) is 0 Å². The van der Waals surface area contributed by atoms with Gasteiger partial charge in [-0.1, -0.05) is 0 Å². The van der Waals surface area contributed by atoms with Crippen molar-refractivity contribution in [1.82, 2.24) is 4.90 Å². The lowest BCUT2D eigenvalue weighted by Crippen LogP contribution is -2.40. The zero-order valence-electron chi connectivity index (χ0n) is 5.66. The number of aliphatic hydroxyl groups is 1. The van der Waals surface area contributed by atoms with Crippen LogP contribution in [0.2, 0.25) is 0 Å². The van der Waals surface area contributed by atoms with E-state index in [0.29, 0.717) is 0 Å². The highest BCUT2D eigenvalue weighted by Crippen LogP contribution is 1.91. The van der Waals surface area contributed by atoms with Crippen LogP contribution in [0.5, 0.6) is 0 Å². The molecular weight excluding hydrogens is 120 g/mol. The lowest BCUT2D eigenvalue weighted by atomic mass is 10.3. The van der Waals surface area contributed by atoms with Crippen LogP contribution >= 0.6 is 0 Å². The highest BCUT2D eigenvalue weighted by molar-refractivity contribution is 5.71. The molecule has 0 heterocycles. The first-order chi connectivity index (χ1) is 4.09. The largest absolute Gasteiger partial charge is 0.394 e. The van der Waals surface area contributed by atoms with Crippen LogP contribution in [0.4, 0.5) is 4.79 Å². The van der Waals surface area contributed by atoms with Gasteiger partial charge in [0.15, 0.2) is 0 Å². The fraction of sp³-hybridized carbons (Fsp3) is 0.800. The average Bonchev–Trinajstić information content (AvgIpc) is 1.84. The van der Waals surface area contributed by atoms with Gasteiger partial charge < -0.3 is 15.7 Å². The van der Waals surface area contributed by atoms with Gasteiger partial charge >= 0.3 is 6.03 Å². The number of carbonyl (C=O) groups excluding carboxylic acids is 1. The number of aliphatic hydroxyl groups excluding tert-OH is 1. The third kappa shape index (κ3) is 2.32. The standard InChI is InChI=1S/C5H12N2O2/c1-4(3-8)7(2)5(6)9/h4,8H,3H2,1-2H3,(H2,6,9). The molecule has 0 saturated carbocycles. The highest BCUT2D eigenvalue weighted by Gasteiger charge is 2.09. The topological polar surface area (TPSA) is 66.6 Å². The minimum absolute atomic E-state index is 0.0561.